The fourth-order valence-electron chi connectivity index (χ4n) is 1.73. The second-order valence-electron chi connectivity index (χ2n) is 4.59. The molecule has 0 spiro atoms. The van der Waals surface area contributed by atoms with Crippen molar-refractivity contribution < 1.29 is 37.0 Å². The van der Waals surface area contributed by atoms with Crippen molar-refractivity contribution in [1.29, 1.82) is 0 Å². The highest BCUT2D eigenvalue weighted by atomic mass is 19.4. The van der Waals surface area contributed by atoms with Crippen molar-refractivity contribution in [1.82, 2.24) is 0 Å². The second kappa shape index (κ2) is 7.56. The number of methoxy groups -OCH3 is 1. The lowest BCUT2D eigenvalue weighted by Gasteiger charge is -2.10. The summed E-state index contributed by atoms with van der Waals surface area (Å²) in [6, 6.07) is 10.8. The van der Waals surface area contributed by atoms with Gasteiger partial charge in [-0.15, -0.1) is 13.2 Å². The summed E-state index contributed by atoms with van der Waals surface area (Å²) >= 11 is 0. The zero-order valence-corrected chi connectivity index (χ0v) is 12.8. The van der Waals surface area contributed by atoms with Crippen LogP contribution in [0, 0.1) is 0 Å². The summed E-state index contributed by atoms with van der Waals surface area (Å²) in [5.41, 5.74) is 0.344. The highest BCUT2D eigenvalue weighted by molar-refractivity contribution is 6.37. The third-order valence-electron chi connectivity index (χ3n) is 2.78. The largest absolute Gasteiger partial charge is 0.573 e. The molecule has 2 rings (SSSR count). The Labute approximate surface area is 140 Å². The number of amides is 1. The lowest BCUT2D eigenvalue weighted by molar-refractivity contribution is -0.274. The van der Waals surface area contributed by atoms with Crippen molar-refractivity contribution >= 4 is 17.6 Å². The Kier molecular flexibility index (Phi) is 5.48. The molecular formula is C16H12F3NO5. The van der Waals surface area contributed by atoms with E-state index >= 15 is 0 Å². The first kappa shape index (κ1) is 18.1. The Morgan fingerprint density at radius 1 is 0.880 bits per heavy atom. The molecule has 25 heavy (non-hydrogen) atoms. The number of nitrogens with one attached hydrogen (secondary N) is 1. The van der Waals surface area contributed by atoms with Gasteiger partial charge in [-0.1, -0.05) is 0 Å². The van der Waals surface area contributed by atoms with Crippen molar-refractivity contribution in [3.05, 3.63) is 48.5 Å². The predicted octanol–water partition coefficient (Wildman–Crippen LogP) is 3.49. The summed E-state index contributed by atoms with van der Waals surface area (Å²) in [5.74, 6) is -1.64. The van der Waals surface area contributed by atoms with Gasteiger partial charge in [-0.05, 0) is 48.5 Å². The molecule has 0 aliphatic carbocycles. The van der Waals surface area contributed by atoms with Gasteiger partial charge >= 0.3 is 18.2 Å². The summed E-state index contributed by atoms with van der Waals surface area (Å²) < 4.78 is 49.7. The highest BCUT2D eigenvalue weighted by Gasteiger charge is 2.30. The van der Waals surface area contributed by atoms with Crippen molar-refractivity contribution in [2.75, 3.05) is 12.4 Å². The molecule has 0 heterocycles. The summed E-state index contributed by atoms with van der Waals surface area (Å²) in [7, 11) is 1.09. The van der Waals surface area contributed by atoms with Gasteiger partial charge in [0.25, 0.3) is 0 Å². The molecule has 0 unspecified atom stereocenters. The van der Waals surface area contributed by atoms with E-state index in [0.717, 1.165) is 19.2 Å². The summed E-state index contributed by atoms with van der Waals surface area (Å²) in [4.78, 5) is 22.3. The topological polar surface area (TPSA) is 73.9 Å². The number of benzene rings is 2. The van der Waals surface area contributed by atoms with Crippen molar-refractivity contribution in [3.63, 3.8) is 0 Å². The maximum absolute atomic E-state index is 12.1. The van der Waals surface area contributed by atoms with E-state index in [4.69, 9.17) is 4.74 Å². The van der Waals surface area contributed by atoms with Crippen LogP contribution in [0.5, 0.6) is 17.2 Å². The van der Waals surface area contributed by atoms with Crippen LogP contribution in [-0.4, -0.2) is 25.3 Å². The van der Waals surface area contributed by atoms with E-state index in [1.807, 2.05) is 0 Å². The molecule has 1 amide bonds. The van der Waals surface area contributed by atoms with Crippen LogP contribution in [-0.2, 0) is 14.3 Å². The smallest absolute Gasteiger partial charge is 0.462 e. The molecule has 9 heteroatoms. The van der Waals surface area contributed by atoms with Gasteiger partial charge in [-0.2, -0.15) is 0 Å². The molecule has 1 N–H and O–H groups in total. The molecule has 0 bridgehead atoms. The fraction of sp³-hybridized carbons (Fsp3) is 0.125. The molecule has 2 aromatic rings. The molecule has 2 aromatic carbocycles. The summed E-state index contributed by atoms with van der Waals surface area (Å²) in [6.45, 7) is 0. The van der Waals surface area contributed by atoms with E-state index in [9.17, 15) is 22.8 Å². The van der Waals surface area contributed by atoms with Crippen LogP contribution in [0.1, 0.15) is 0 Å². The van der Waals surface area contributed by atoms with E-state index in [0.29, 0.717) is 17.2 Å². The number of rotatable bonds is 4. The molecule has 6 nitrogen and oxygen atoms in total. The van der Waals surface area contributed by atoms with Crippen molar-refractivity contribution in [2.45, 2.75) is 6.36 Å². The van der Waals surface area contributed by atoms with Gasteiger partial charge in [0.2, 0.25) is 0 Å². The normalized spacial score (nSPS) is 10.7. The lowest BCUT2D eigenvalue weighted by atomic mass is 10.3. The van der Waals surface area contributed by atoms with Crippen LogP contribution in [0.2, 0.25) is 0 Å². The molecule has 0 saturated heterocycles. The van der Waals surface area contributed by atoms with E-state index in [1.54, 1.807) is 0 Å². The minimum absolute atomic E-state index is 0.292. The minimum atomic E-state index is -4.76. The number of carbonyl (C=O) groups excluding carboxylic acids is 2. The maximum Gasteiger partial charge on any atom is 0.573 e. The number of halogens is 3. The first-order valence-corrected chi connectivity index (χ1v) is 6.80. The van der Waals surface area contributed by atoms with Gasteiger partial charge in [0.1, 0.15) is 17.2 Å². The summed E-state index contributed by atoms with van der Waals surface area (Å²) in [5, 5.41) is 2.32. The van der Waals surface area contributed by atoms with E-state index in [-0.39, 0.29) is 5.75 Å². The third kappa shape index (κ3) is 5.72. The number of ether oxygens (including phenoxy) is 3. The molecule has 0 aliphatic rings. The Morgan fingerprint density at radius 3 is 1.84 bits per heavy atom. The molecular weight excluding hydrogens is 343 g/mol. The molecule has 0 atom stereocenters. The predicted molar refractivity (Wildman–Crippen MR) is 80.3 cm³/mol. The average Bonchev–Trinajstić information content (AvgIpc) is 2.56. The van der Waals surface area contributed by atoms with Gasteiger partial charge in [0, 0.05) is 5.69 Å². The van der Waals surface area contributed by atoms with Crippen LogP contribution in [0.3, 0.4) is 0 Å². The second-order valence-corrected chi connectivity index (χ2v) is 4.59. The van der Waals surface area contributed by atoms with Crippen molar-refractivity contribution in [3.8, 4) is 17.2 Å². The van der Waals surface area contributed by atoms with E-state index < -0.39 is 18.2 Å². The van der Waals surface area contributed by atoms with Crippen molar-refractivity contribution in [2.24, 2.45) is 0 Å². The molecule has 0 saturated carbocycles. The van der Waals surface area contributed by atoms with Gasteiger partial charge in [-0.3, -0.25) is 4.79 Å². The highest BCUT2D eigenvalue weighted by Crippen LogP contribution is 2.27. The number of hydrogen-bond donors (Lipinski definition) is 1. The van der Waals surface area contributed by atoms with Crippen LogP contribution in [0.4, 0.5) is 18.9 Å². The first-order valence-electron chi connectivity index (χ1n) is 6.80. The fourth-order valence-corrected chi connectivity index (χ4v) is 1.73. The van der Waals surface area contributed by atoms with Gasteiger partial charge in [-0.25, -0.2) is 4.79 Å². The standard InChI is InChI=1S/C16H12F3NO5/c1-23-15(22)14(21)20-10-2-4-11(5-3-10)24-12-6-8-13(9-7-12)25-16(17,18)19/h2-9H,1H3,(H,20,21). The zero-order valence-electron chi connectivity index (χ0n) is 12.8. The molecule has 0 radical (unpaired) electrons. The van der Waals surface area contributed by atoms with Crippen LogP contribution in [0.25, 0.3) is 0 Å². The monoisotopic (exact) mass is 355 g/mol. The Balaban J connectivity index is 1.97. The summed E-state index contributed by atoms with van der Waals surface area (Å²) in [6.07, 6.45) is -4.76. The number of carbonyl (C=O) groups is 2. The van der Waals surface area contributed by atoms with Crippen LogP contribution < -0.4 is 14.8 Å². The average molecular weight is 355 g/mol. The number of esters is 1. The number of alkyl halides is 3. The third-order valence-corrected chi connectivity index (χ3v) is 2.78. The molecule has 0 aliphatic heterocycles. The van der Waals surface area contributed by atoms with Gasteiger partial charge in [0.15, 0.2) is 0 Å². The number of hydrogen-bond acceptors (Lipinski definition) is 5. The molecule has 132 valence electrons. The Morgan fingerprint density at radius 2 is 1.36 bits per heavy atom. The SMILES string of the molecule is COC(=O)C(=O)Nc1ccc(Oc2ccc(OC(F)(F)F)cc2)cc1. The maximum atomic E-state index is 12.1. The Bertz CT molecular complexity index is 742. The zero-order chi connectivity index (χ0) is 18.4. The number of anilines is 1. The van der Waals surface area contributed by atoms with Crippen LogP contribution in [0.15, 0.2) is 48.5 Å². The first-order chi connectivity index (χ1) is 11.8. The van der Waals surface area contributed by atoms with Gasteiger partial charge < -0.3 is 19.5 Å². The van der Waals surface area contributed by atoms with Crippen LogP contribution >= 0.6 is 0 Å². The lowest BCUT2D eigenvalue weighted by Crippen LogP contribution is -2.23. The Hall–Kier alpha value is -3.23. The van der Waals surface area contributed by atoms with Gasteiger partial charge in [0.05, 0.1) is 7.11 Å². The molecule has 0 aromatic heterocycles. The minimum Gasteiger partial charge on any atom is -0.462 e. The molecule has 0 fully saturated rings. The van der Waals surface area contributed by atoms with E-state index in [2.05, 4.69) is 14.8 Å². The van der Waals surface area contributed by atoms with E-state index in [1.165, 1.54) is 36.4 Å². The quantitative estimate of drug-likeness (QED) is 0.671.